The number of ether oxygens (including phenoxy) is 2. The first kappa shape index (κ1) is 20.8. The first-order chi connectivity index (χ1) is 15.9. The van der Waals surface area contributed by atoms with Gasteiger partial charge >= 0.3 is 10.1 Å². The molecule has 7 nitrogen and oxygen atoms in total. The summed E-state index contributed by atoms with van der Waals surface area (Å²) in [7, 11) is -0.638. The fraction of sp³-hybridized carbons (Fsp3) is 0.0800. The first-order valence-electron chi connectivity index (χ1n) is 10.1. The highest BCUT2D eigenvalue weighted by Crippen LogP contribution is 2.36. The SMILES string of the molecule is COc1ccc(S(=O)(=O)Oc2ccc3c(c2)O/C(=C/c2cn(C)c4ccccc24)C3=O)cc1. The van der Waals surface area contributed by atoms with E-state index in [0.717, 1.165) is 16.5 Å². The minimum absolute atomic E-state index is 0.0164. The van der Waals surface area contributed by atoms with Crippen molar-refractivity contribution in [2.24, 2.45) is 7.05 Å². The number of fused-ring (bicyclic) bond motifs is 2. The molecule has 0 unspecified atom stereocenters. The summed E-state index contributed by atoms with van der Waals surface area (Å²) in [6.45, 7) is 0. The molecule has 0 bridgehead atoms. The molecule has 1 aliphatic heterocycles. The molecule has 166 valence electrons. The van der Waals surface area contributed by atoms with Gasteiger partial charge in [0.05, 0.1) is 12.7 Å². The summed E-state index contributed by atoms with van der Waals surface area (Å²) in [5.41, 5.74) is 2.23. The lowest BCUT2D eigenvalue weighted by molar-refractivity contribution is 0.101. The molecule has 0 saturated carbocycles. The molecule has 0 radical (unpaired) electrons. The number of carbonyl (C=O) groups excluding carboxylic acids is 1. The Labute approximate surface area is 190 Å². The molecule has 0 spiro atoms. The van der Waals surface area contributed by atoms with Crippen LogP contribution in [0, 0.1) is 0 Å². The monoisotopic (exact) mass is 461 g/mol. The molecule has 2 heterocycles. The van der Waals surface area contributed by atoms with Crippen molar-refractivity contribution in [1.29, 1.82) is 0 Å². The minimum Gasteiger partial charge on any atom is -0.497 e. The third kappa shape index (κ3) is 3.74. The predicted octanol–water partition coefficient (Wildman–Crippen LogP) is 4.57. The summed E-state index contributed by atoms with van der Waals surface area (Å²) in [4.78, 5) is 12.8. The quantitative estimate of drug-likeness (QED) is 0.320. The Morgan fingerprint density at radius 3 is 2.45 bits per heavy atom. The number of rotatable bonds is 5. The molecule has 4 aromatic rings. The van der Waals surface area contributed by atoms with E-state index in [-0.39, 0.29) is 27.9 Å². The Morgan fingerprint density at radius 2 is 1.70 bits per heavy atom. The van der Waals surface area contributed by atoms with Gasteiger partial charge in [0.2, 0.25) is 5.78 Å². The van der Waals surface area contributed by atoms with E-state index in [1.807, 2.05) is 42.1 Å². The van der Waals surface area contributed by atoms with E-state index in [0.29, 0.717) is 11.3 Å². The van der Waals surface area contributed by atoms with Crippen molar-refractivity contribution in [3.63, 3.8) is 0 Å². The largest absolute Gasteiger partial charge is 0.497 e. The number of Topliss-reactive ketones (excluding diaryl/α,β-unsaturated/α-hetero) is 1. The number of para-hydroxylation sites is 1. The van der Waals surface area contributed by atoms with E-state index in [4.69, 9.17) is 13.7 Å². The normalized spacial score (nSPS) is 14.4. The number of methoxy groups -OCH3 is 1. The third-order valence-electron chi connectivity index (χ3n) is 5.41. The molecule has 1 aromatic heterocycles. The number of aromatic nitrogens is 1. The van der Waals surface area contributed by atoms with Crippen LogP contribution in [0.2, 0.25) is 0 Å². The molecule has 0 amide bonds. The molecule has 0 atom stereocenters. The van der Waals surface area contributed by atoms with Crippen LogP contribution < -0.4 is 13.7 Å². The van der Waals surface area contributed by atoms with Gasteiger partial charge in [-0.2, -0.15) is 8.42 Å². The zero-order chi connectivity index (χ0) is 23.2. The number of hydrogen-bond donors (Lipinski definition) is 0. The van der Waals surface area contributed by atoms with E-state index in [1.165, 1.54) is 49.6 Å². The number of carbonyl (C=O) groups is 1. The molecule has 33 heavy (non-hydrogen) atoms. The fourth-order valence-electron chi connectivity index (χ4n) is 3.77. The number of allylic oxidation sites excluding steroid dienone is 1. The van der Waals surface area contributed by atoms with E-state index in [1.54, 1.807) is 6.08 Å². The lowest BCUT2D eigenvalue weighted by atomic mass is 10.1. The highest BCUT2D eigenvalue weighted by Gasteiger charge is 2.29. The van der Waals surface area contributed by atoms with Crippen molar-refractivity contribution in [3.05, 3.63) is 89.8 Å². The average molecular weight is 461 g/mol. The van der Waals surface area contributed by atoms with E-state index < -0.39 is 10.1 Å². The van der Waals surface area contributed by atoms with Crippen LogP contribution in [0.3, 0.4) is 0 Å². The summed E-state index contributed by atoms with van der Waals surface area (Å²) in [5.74, 6) is 0.709. The van der Waals surface area contributed by atoms with Crippen molar-refractivity contribution in [2.45, 2.75) is 4.90 Å². The Kier molecular flexibility index (Phi) is 4.94. The number of ketones is 1. The van der Waals surface area contributed by atoms with Gasteiger partial charge in [-0.25, -0.2) is 0 Å². The Bertz CT molecular complexity index is 1530. The second-order valence-corrected chi connectivity index (χ2v) is 9.07. The van der Waals surface area contributed by atoms with Gasteiger partial charge in [0.25, 0.3) is 0 Å². The minimum atomic E-state index is -4.07. The zero-order valence-corrected chi connectivity index (χ0v) is 18.6. The van der Waals surface area contributed by atoms with Gasteiger partial charge in [-0.15, -0.1) is 0 Å². The highest BCUT2D eigenvalue weighted by molar-refractivity contribution is 7.87. The van der Waals surface area contributed by atoms with Crippen LogP contribution in [0.4, 0.5) is 0 Å². The standard InChI is InChI=1S/C25H19NO6S/c1-26-15-16(20-5-3-4-6-22(20)26)13-24-25(27)21-12-9-18(14-23(21)31-24)32-33(28,29)19-10-7-17(30-2)8-11-19/h3-15H,1-2H3/b24-13+. The van der Waals surface area contributed by atoms with Crippen molar-refractivity contribution >= 4 is 32.9 Å². The lowest BCUT2D eigenvalue weighted by Crippen LogP contribution is -2.09. The van der Waals surface area contributed by atoms with Gasteiger partial charge in [-0.05, 0) is 48.5 Å². The van der Waals surface area contributed by atoms with Crippen LogP contribution >= 0.6 is 0 Å². The Hall–Kier alpha value is -4.04. The maximum Gasteiger partial charge on any atom is 0.339 e. The van der Waals surface area contributed by atoms with Crippen molar-refractivity contribution in [3.8, 4) is 17.2 Å². The lowest BCUT2D eigenvalue weighted by Gasteiger charge is -2.08. The van der Waals surface area contributed by atoms with Crippen LogP contribution in [-0.2, 0) is 17.2 Å². The second kappa shape index (κ2) is 7.83. The van der Waals surface area contributed by atoms with Gasteiger partial charge in [-0.1, -0.05) is 18.2 Å². The zero-order valence-electron chi connectivity index (χ0n) is 17.8. The van der Waals surface area contributed by atoms with Crippen molar-refractivity contribution in [2.75, 3.05) is 7.11 Å². The molecule has 5 rings (SSSR count). The van der Waals surface area contributed by atoms with E-state index in [2.05, 4.69) is 0 Å². The van der Waals surface area contributed by atoms with Crippen LogP contribution in [0.1, 0.15) is 15.9 Å². The molecule has 8 heteroatoms. The number of nitrogens with zero attached hydrogens (tertiary/aromatic N) is 1. The van der Waals surface area contributed by atoms with Gasteiger partial charge in [0.1, 0.15) is 22.1 Å². The molecule has 0 N–H and O–H groups in total. The average Bonchev–Trinajstić information content (AvgIpc) is 3.30. The molecule has 0 saturated heterocycles. The van der Waals surface area contributed by atoms with Crippen LogP contribution in [0.5, 0.6) is 17.2 Å². The summed E-state index contributed by atoms with van der Waals surface area (Å²) in [5, 5.41) is 0.995. The number of hydrogen-bond acceptors (Lipinski definition) is 6. The summed E-state index contributed by atoms with van der Waals surface area (Å²) in [6, 6.07) is 18.0. The third-order valence-corrected chi connectivity index (χ3v) is 6.67. The molecule has 0 aliphatic carbocycles. The Morgan fingerprint density at radius 1 is 0.970 bits per heavy atom. The Balaban J connectivity index is 1.42. The number of aryl methyl sites for hydroxylation is 1. The van der Waals surface area contributed by atoms with Gasteiger partial charge in [0.15, 0.2) is 5.76 Å². The van der Waals surface area contributed by atoms with Gasteiger partial charge in [-0.3, -0.25) is 4.79 Å². The molecule has 1 aliphatic rings. The molecule has 3 aromatic carbocycles. The van der Waals surface area contributed by atoms with Gasteiger partial charge < -0.3 is 18.2 Å². The van der Waals surface area contributed by atoms with E-state index >= 15 is 0 Å². The summed E-state index contributed by atoms with van der Waals surface area (Å²) in [6.07, 6.45) is 3.62. The second-order valence-electron chi connectivity index (χ2n) is 7.52. The maximum absolute atomic E-state index is 12.9. The van der Waals surface area contributed by atoms with E-state index in [9.17, 15) is 13.2 Å². The van der Waals surface area contributed by atoms with Crippen LogP contribution in [0.15, 0.2) is 83.6 Å². The first-order valence-corrected chi connectivity index (χ1v) is 11.5. The maximum atomic E-state index is 12.9. The van der Waals surface area contributed by atoms with Crippen LogP contribution in [-0.4, -0.2) is 25.9 Å². The van der Waals surface area contributed by atoms with Crippen molar-refractivity contribution < 1.29 is 26.9 Å². The molecule has 0 fully saturated rings. The smallest absolute Gasteiger partial charge is 0.339 e. The summed E-state index contributed by atoms with van der Waals surface area (Å²) >= 11 is 0. The number of benzene rings is 3. The fourth-order valence-corrected chi connectivity index (χ4v) is 4.69. The molecular weight excluding hydrogens is 442 g/mol. The van der Waals surface area contributed by atoms with Crippen molar-refractivity contribution in [1.82, 2.24) is 4.57 Å². The topological polar surface area (TPSA) is 83.8 Å². The highest BCUT2D eigenvalue weighted by atomic mass is 32.2. The predicted molar refractivity (Wildman–Crippen MR) is 123 cm³/mol. The van der Waals surface area contributed by atoms with Crippen LogP contribution in [0.25, 0.3) is 17.0 Å². The van der Waals surface area contributed by atoms with Gasteiger partial charge in [0, 0.05) is 35.8 Å². The molecular formula is C25H19NO6S. The summed E-state index contributed by atoms with van der Waals surface area (Å²) < 4.78 is 43.3.